The summed E-state index contributed by atoms with van der Waals surface area (Å²) in [5.74, 6) is 0.718. The van der Waals surface area contributed by atoms with Crippen molar-refractivity contribution in [2.45, 2.75) is 39.7 Å². The standard InChI is InChI=1S/C12H22N4O/c1-10(2)5-3-4-6-14-12(17)9-16-8-11(13)7-15-16/h7-8,10H,3-6,9,13H2,1-2H3,(H,14,17). The minimum Gasteiger partial charge on any atom is -0.396 e. The predicted octanol–water partition coefficient (Wildman–Crippen LogP) is 1.41. The Morgan fingerprint density at radius 2 is 2.29 bits per heavy atom. The third kappa shape index (κ3) is 5.94. The molecule has 5 heteroatoms. The summed E-state index contributed by atoms with van der Waals surface area (Å²) in [7, 11) is 0. The molecular formula is C12H22N4O. The zero-order chi connectivity index (χ0) is 12.7. The van der Waals surface area contributed by atoms with Gasteiger partial charge in [0.1, 0.15) is 6.54 Å². The number of nitrogens with one attached hydrogen (secondary N) is 1. The van der Waals surface area contributed by atoms with Crippen LogP contribution in [0.2, 0.25) is 0 Å². The van der Waals surface area contributed by atoms with Crippen molar-refractivity contribution < 1.29 is 4.79 Å². The first-order chi connectivity index (χ1) is 8.08. The lowest BCUT2D eigenvalue weighted by atomic mass is 10.1. The molecule has 0 aliphatic carbocycles. The number of hydrogen-bond acceptors (Lipinski definition) is 3. The largest absolute Gasteiger partial charge is 0.396 e. The molecule has 0 unspecified atom stereocenters. The van der Waals surface area contributed by atoms with Gasteiger partial charge in [-0.05, 0) is 12.3 Å². The van der Waals surface area contributed by atoms with Crippen molar-refractivity contribution in [2.24, 2.45) is 5.92 Å². The summed E-state index contributed by atoms with van der Waals surface area (Å²) < 4.78 is 1.54. The monoisotopic (exact) mass is 238 g/mol. The number of carbonyl (C=O) groups is 1. The number of anilines is 1. The molecule has 1 rings (SSSR count). The second-order valence-corrected chi connectivity index (χ2v) is 4.71. The number of aromatic nitrogens is 2. The van der Waals surface area contributed by atoms with Gasteiger partial charge in [-0.3, -0.25) is 9.48 Å². The van der Waals surface area contributed by atoms with Gasteiger partial charge in [0.2, 0.25) is 5.91 Å². The lowest BCUT2D eigenvalue weighted by Gasteiger charge is -2.06. The van der Waals surface area contributed by atoms with E-state index >= 15 is 0 Å². The van der Waals surface area contributed by atoms with Gasteiger partial charge in [-0.25, -0.2) is 0 Å². The first-order valence-electron chi connectivity index (χ1n) is 6.12. The molecule has 0 saturated carbocycles. The highest BCUT2D eigenvalue weighted by molar-refractivity contribution is 5.75. The fourth-order valence-corrected chi connectivity index (χ4v) is 1.57. The number of nitrogen functional groups attached to an aromatic ring is 1. The number of rotatable bonds is 7. The maximum Gasteiger partial charge on any atom is 0.241 e. The van der Waals surface area contributed by atoms with Crippen LogP contribution in [0.5, 0.6) is 0 Å². The van der Waals surface area contributed by atoms with Gasteiger partial charge in [0, 0.05) is 12.7 Å². The summed E-state index contributed by atoms with van der Waals surface area (Å²) in [5.41, 5.74) is 6.09. The van der Waals surface area contributed by atoms with E-state index in [4.69, 9.17) is 5.73 Å². The van der Waals surface area contributed by atoms with Crippen LogP contribution in [0.4, 0.5) is 5.69 Å². The zero-order valence-electron chi connectivity index (χ0n) is 10.6. The summed E-state index contributed by atoms with van der Waals surface area (Å²) in [6, 6.07) is 0. The molecule has 0 spiro atoms. The molecule has 1 amide bonds. The number of hydrogen-bond donors (Lipinski definition) is 2. The molecule has 96 valence electrons. The van der Waals surface area contributed by atoms with Crippen LogP contribution >= 0.6 is 0 Å². The van der Waals surface area contributed by atoms with Gasteiger partial charge in [0.25, 0.3) is 0 Å². The van der Waals surface area contributed by atoms with Gasteiger partial charge in [-0.2, -0.15) is 5.10 Å². The molecule has 0 fully saturated rings. The van der Waals surface area contributed by atoms with E-state index in [1.807, 2.05) is 0 Å². The van der Waals surface area contributed by atoms with Gasteiger partial charge in [-0.1, -0.05) is 26.7 Å². The fourth-order valence-electron chi connectivity index (χ4n) is 1.57. The molecule has 1 aromatic heterocycles. The first kappa shape index (κ1) is 13.5. The summed E-state index contributed by atoms with van der Waals surface area (Å²) >= 11 is 0. The van der Waals surface area contributed by atoms with Crippen molar-refractivity contribution in [1.29, 1.82) is 0 Å². The van der Waals surface area contributed by atoms with Crippen molar-refractivity contribution in [3.05, 3.63) is 12.4 Å². The van der Waals surface area contributed by atoms with Crippen LogP contribution in [-0.2, 0) is 11.3 Å². The van der Waals surface area contributed by atoms with Gasteiger partial charge in [0.15, 0.2) is 0 Å². The van der Waals surface area contributed by atoms with Crippen molar-refractivity contribution in [1.82, 2.24) is 15.1 Å². The van der Waals surface area contributed by atoms with E-state index in [-0.39, 0.29) is 12.5 Å². The average Bonchev–Trinajstić information content (AvgIpc) is 2.63. The third-order valence-electron chi connectivity index (χ3n) is 2.49. The van der Waals surface area contributed by atoms with Crippen LogP contribution in [0.1, 0.15) is 33.1 Å². The van der Waals surface area contributed by atoms with Crippen molar-refractivity contribution >= 4 is 11.6 Å². The van der Waals surface area contributed by atoms with E-state index in [0.717, 1.165) is 25.3 Å². The van der Waals surface area contributed by atoms with E-state index in [1.165, 1.54) is 12.6 Å². The second kappa shape index (κ2) is 6.93. The normalized spacial score (nSPS) is 10.8. The Balaban J connectivity index is 2.09. The summed E-state index contributed by atoms with van der Waals surface area (Å²) in [6.45, 7) is 5.39. The average molecular weight is 238 g/mol. The third-order valence-corrected chi connectivity index (χ3v) is 2.49. The minimum atomic E-state index is -0.0161. The molecule has 0 radical (unpaired) electrons. The van der Waals surface area contributed by atoms with Crippen molar-refractivity contribution in [2.75, 3.05) is 12.3 Å². The highest BCUT2D eigenvalue weighted by Gasteiger charge is 2.03. The van der Waals surface area contributed by atoms with Crippen LogP contribution in [0, 0.1) is 5.92 Å². The molecule has 1 aromatic rings. The van der Waals surface area contributed by atoms with Gasteiger partial charge in [0.05, 0.1) is 11.9 Å². The molecule has 5 nitrogen and oxygen atoms in total. The van der Waals surface area contributed by atoms with Crippen molar-refractivity contribution in [3.8, 4) is 0 Å². The molecule has 0 aliphatic heterocycles. The Morgan fingerprint density at radius 3 is 2.88 bits per heavy atom. The minimum absolute atomic E-state index is 0.0161. The molecule has 0 aliphatic rings. The van der Waals surface area contributed by atoms with Gasteiger partial charge in [-0.15, -0.1) is 0 Å². The highest BCUT2D eigenvalue weighted by atomic mass is 16.2. The predicted molar refractivity (Wildman–Crippen MR) is 68.3 cm³/mol. The van der Waals surface area contributed by atoms with Crippen LogP contribution < -0.4 is 11.1 Å². The lowest BCUT2D eigenvalue weighted by Crippen LogP contribution is -2.28. The van der Waals surface area contributed by atoms with E-state index in [0.29, 0.717) is 5.69 Å². The first-order valence-corrected chi connectivity index (χ1v) is 6.12. The number of carbonyl (C=O) groups excluding carboxylic acids is 1. The maximum atomic E-state index is 11.5. The molecule has 3 N–H and O–H groups in total. The van der Waals surface area contributed by atoms with Crippen LogP contribution in [0.3, 0.4) is 0 Å². The second-order valence-electron chi connectivity index (χ2n) is 4.71. The van der Waals surface area contributed by atoms with Gasteiger partial charge >= 0.3 is 0 Å². The number of amides is 1. The Hall–Kier alpha value is -1.52. The van der Waals surface area contributed by atoms with Crippen LogP contribution in [-0.4, -0.2) is 22.2 Å². The Bertz CT molecular complexity index is 346. The Morgan fingerprint density at radius 1 is 1.53 bits per heavy atom. The highest BCUT2D eigenvalue weighted by Crippen LogP contribution is 2.05. The van der Waals surface area contributed by atoms with Crippen LogP contribution in [0.25, 0.3) is 0 Å². The molecule has 0 aromatic carbocycles. The lowest BCUT2D eigenvalue weighted by molar-refractivity contribution is -0.121. The number of unbranched alkanes of at least 4 members (excludes halogenated alkanes) is 1. The SMILES string of the molecule is CC(C)CCCCNC(=O)Cn1cc(N)cn1. The van der Waals surface area contributed by atoms with E-state index in [2.05, 4.69) is 24.3 Å². The Labute approximate surface area is 102 Å². The topological polar surface area (TPSA) is 72.9 Å². The van der Waals surface area contributed by atoms with Gasteiger partial charge < -0.3 is 11.1 Å². The maximum absolute atomic E-state index is 11.5. The number of nitrogens with zero attached hydrogens (tertiary/aromatic N) is 2. The molecule has 17 heavy (non-hydrogen) atoms. The van der Waals surface area contributed by atoms with Crippen LogP contribution in [0.15, 0.2) is 12.4 Å². The molecule has 1 heterocycles. The summed E-state index contributed by atoms with van der Waals surface area (Å²) in [5, 5.41) is 6.83. The molecule has 0 atom stereocenters. The quantitative estimate of drug-likeness (QED) is 0.705. The summed E-state index contributed by atoms with van der Waals surface area (Å²) in [6.07, 6.45) is 6.59. The van der Waals surface area contributed by atoms with E-state index < -0.39 is 0 Å². The molecule has 0 saturated heterocycles. The molecule has 0 bridgehead atoms. The fraction of sp³-hybridized carbons (Fsp3) is 0.667. The summed E-state index contributed by atoms with van der Waals surface area (Å²) in [4.78, 5) is 11.5. The van der Waals surface area contributed by atoms with E-state index in [9.17, 15) is 4.79 Å². The molecular weight excluding hydrogens is 216 g/mol. The smallest absolute Gasteiger partial charge is 0.241 e. The van der Waals surface area contributed by atoms with Crippen molar-refractivity contribution in [3.63, 3.8) is 0 Å². The number of nitrogens with two attached hydrogens (primary N) is 1. The van der Waals surface area contributed by atoms with E-state index in [1.54, 1.807) is 10.9 Å². The zero-order valence-corrected chi connectivity index (χ0v) is 10.6. The Kier molecular flexibility index (Phi) is 5.52.